The lowest BCUT2D eigenvalue weighted by molar-refractivity contribution is -0.137. The first-order valence-electron chi connectivity index (χ1n) is 6.41. The second-order valence-corrected chi connectivity index (χ2v) is 5.07. The third kappa shape index (κ3) is 3.89. The van der Waals surface area contributed by atoms with Gasteiger partial charge in [0, 0.05) is 19.4 Å². The van der Waals surface area contributed by atoms with Crippen LogP contribution in [0, 0.1) is 6.92 Å². The average Bonchev–Trinajstić information content (AvgIpc) is 2.46. The summed E-state index contributed by atoms with van der Waals surface area (Å²) >= 11 is 5.75. The highest BCUT2D eigenvalue weighted by Gasteiger charge is 2.32. The number of anilines is 2. The van der Waals surface area contributed by atoms with E-state index in [2.05, 4.69) is 20.6 Å². The fourth-order valence-electron chi connectivity index (χ4n) is 1.81. The molecule has 9 heteroatoms. The predicted molar refractivity (Wildman–Crippen MR) is 80.7 cm³/mol. The number of aryl methyl sites for hydroxylation is 1. The highest BCUT2D eigenvalue weighted by atomic mass is 35.5. The summed E-state index contributed by atoms with van der Waals surface area (Å²) in [5.41, 5.74) is -0.156. The zero-order valence-electron chi connectivity index (χ0n) is 12.1. The van der Waals surface area contributed by atoms with Gasteiger partial charge in [0.15, 0.2) is 0 Å². The first-order chi connectivity index (χ1) is 10.7. The van der Waals surface area contributed by atoms with Crippen LogP contribution in [0.2, 0.25) is 5.02 Å². The molecule has 2 N–H and O–H groups in total. The van der Waals surface area contributed by atoms with Gasteiger partial charge in [-0.3, -0.25) is 4.79 Å². The molecule has 0 aromatic carbocycles. The Morgan fingerprint density at radius 3 is 2.48 bits per heavy atom. The van der Waals surface area contributed by atoms with Gasteiger partial charge >= 0.3 is 6.18 Å². The number of amides is 1. The van der Waals surface area contributed by atoms with E-state index in [1.54, 1.807) is 26.2 Å². The van der Waals surface area contributed by atoms with Gasteiger partial charge in [0.1, 0.15) is 11.5 Å². The lowest BCUT2D eigenvalue weighted by Crippen LogP contribution is -2.17. The van der Waals surface area contributed by atoms with Crippen LogP contribution in [0.25, 0.3) is 0 Å². The van der Waals surface area contributed by atoms with Crippen molar-refractivity contribution in [3.05, 3.63) is 46.4 Å². The van der Waals surface area contributed by atoms with Crippen LogP contribution in [0.3, 0.4) is 0 Å². The molecule has 23 heavy (non-hydrogen) atoms. The summed E-state index contributed by atoms with van der Waals surface area (Å²) in [5.74, 6) is -0.320. The molecule has 0 aliphatic rings. The van der Waals surface area contributed by atoms with Crippen molar-refractivity contribution < 1.29 is 18.0 Å². The van der Waals surface area contributed by atoms with E-state index in [4.69, 9.17) is 11.6 Å². The molecule has 2 aromatic heterocycles. The van der Waals surface area contributed by atoms with Crippen molar-refractivity contribution in [3.63, 3.8) is 0 Å². The molecular weight excluding hydrogens is 333 g/mol. The molecule has 2 heterocycles. The zero-order valence-corrected chi connectivity index (χ0v) is 12.9. The van der Waals surface area contributed by atoms with E-state index in [1.165, 1.54) is 0 Å². The molecular formula is C14H12ClF3N4O. The van der Waals surface area contributed by atoms with Crippen LogP contribution in [0.5, 0.6) is 0 Å². The highest BCUT2D eigenvalue weighted by molar-refractivity contribution is 6.34. The Balaban J connectivity index is 2.30. The summed E-state index contributed by atoms with van der Waals surface area (Å²) in [4.78, 5) is 19.8. The smallest absolute Gasteiger partial charge is 0.371 e. The van der Waals surface area contributed by atoms with Crippen LogP contribution >= 0.6 is 11.6 Å². The average molecular weight is 345 g/mol. The third-order valence-electron chi connectivity index (χ3n) is 2.89. The van der Waals surface area contributed by atoms with Gasteiger partial charge in [0.2, 0.25) is 0 Å². The minimum atomic E-state index is -4.58. The second-order valence-electron chi connectivity index (χ2n) is 4.67. The lowest BCUT2D eigenvalue weighted by atomic mass is 10.2. The number of pyridine rings is 2. The monoisotopic (exact) mass is 344 g/mol. The lowest BCUT2D eigenvalue weighted by Gasteiger charge is -2.12. The number of aromatic nitrogens is 2. The van der Waals surface area contributed by atoms with Gasteiger partial charge in [-0.2, -0.15) is 13.2 Å². The van der Waals surface area contributed by atoms with Gasteiger partial charge in [-0.15, -0.1) is 0 Å². The molecule has 0 saturated heterocycles. The normalized spacial score (nSPS) is 11.2. The maximum atomic E-state index is 12.6. The van der Waals surface area contributed by atoms with Gasteiger partial charge < -0.3 is 10.6 Å². The van der Waals surface area contributed by atoms with E-state index in [0.717, 1.165) is 5.56 Å². The van der Waals surface area contributed by atoms with Crippen LogP contribution in [0.1, 0.15) is 21.6 Å². The topological polar surface area (TPSA) is 66.9 Å². The molecule has 0 aliphatic carbocycles. The molecule has 0 atom stereocenters. The first-order valence-corrected chi connectivity index (χ1v) is 6.78. The number of halogens is 4. The van der Waals surface area contributed by atoms with Gasteiger partial charge in [0.05, 0.1) is 16.3 Å². The summed E-state index contributed by atoms with van der Waals surface area (Å²) in [5, 5.41) is 4.94. The van der Waals surface area contributed by atoms with Crippen molar-refractivity contribution >= 4 is 29.0 Å². The second kappa shape index (κ2) is 6.41. The molecule has 0 unspecified atom stereocenters. The summed E-state index contributed by atoms with van der Waals surface area (Å²) in [6.07, 6.45) is -2.41. The number of rotatable bonds is 3. The first kappa shape index (κ1) is 17.0. The Bertz CT molecular complexity index is 749. The highest BCUT2D eigenvalue weighted by Crippen LogP contribution is 2.31. The number of nitrogens with zero attached hydrogens (tertiary/aromatic N) is 2. The van der Waals surface area contributed by atoms with E-state index in [1.807, 2.05) is 0 Å². The molecule has 0 fully saturated rings. The molecule has 0 spiro atoms. The van der Waals surface area contributed by atoms with E-state index >= 15 is 0 Å². The Morgan fingerprint density at radius 1 is 1.22 bits per heavy atom. The third-order valence-corrected chi connectivity index (χ3v) is 3.18. The molecule has 0 bridgehead atoms. The number of carbonyl (C=O) groups excluding carboxylic acids is 1. The van der Waals surface area contributed by atoms with Crippen molar-refractivity contribution in [2.45, 2.75) is 13.1 Å². The van der Waals surface area contributed by atoms with Crippen molar-refractivity contribution in [2.24, 2.45) is 0 Å². The Hall–Kier alpha value is -2.35. The van der Waals surface area contributed by atoms with Gasteiger partial charge in [-0.1, -0.05) is 11.6 Å². The largest absolute Gasteiger partial charge is 0.417 e. The van der Waals surface area contributed by atoms with Crippen LogP contribution in [-0.2, 0) is 6.18 Å². The summed E-state index contributed by atoms with van der Waals surface area (Å²) in [7, 11) is 1.62. The van der Waals surface area contributed by atoms with Crippen molar-refractivity contribution in [1.29, 1.82) is 0 Å². The van der Waals surface area contributed by atoms with Gasteiger partial charge in [-0.05, 0) is 24.6 Å². The molecule has 2 aromatic rings. The maximum Gasteiger partial charge on any atom is 0.417 e. The van der Waals surface area contributed by atoms with E-state index in [-0.39, 0.29) is 10.7 Å². The number of hydrogen-bond donors (Lipinski definition) is 2. The number of alkyl halides is 3. The molecule has 5 nitrogen and oxygen atoms in total. The fraction of sp³-hybridized carbons (Fsp3) is 0.214. The van der Waals surface area contributed by atoms with Crippen LogP contribution in [0.4, 0.5) is 24.7 Å². The molecule has 122 valence electrons. The standard InChI is InChI=1S/C14H12ClF3N4O/c1-7-3-10(12(19-2)21-5-7)22-13(23)11-9(15)4-8(6-20-11)14(16,17)18/h3-6H,1-2H3,(H,19,21)(H,22,23). The summed E-state index contributed by atoms with van der Waals surface area (Å²) < 4.78 is 37.7. The quantitative estimate of drug-likeness (QED) is 0.890. The Kier molecular flexibility index (Phi) is 4.74. The van der Waals surface area contributed by atoms with E-state index < -0.39 is 17.6 Å². The summed E-state index contributed by atoms with van der Waals surface area (Å²) in [6.45, 7) is 1.78. The fourth-order valence-corrected chi connectivity index (χ4v) is 2.06. The number of hydrogen-bond acceptors (Lipinski definition) is 4. The molecule has 0 aliphatic heterocycles. The van der Waals surface area contributed by atoms with Crippen molar-refractivity contribution in [2.75, 3.05) is 17.7 Å². The van der Waals surface area contributed by atoms with Gasteiger partial charge in [0.25, 0.3) is 5.91 Å². The molecule has 1 amide bonds. The summed E-state index contributed by atoms with van der Waals surface area (Å²) in [6, 6.07) is 2.33. The molecule has 0 saturated carbocycles. The Morgan fingerprint density at radius 2 is 1.91 bits per heavy atom. The SMILES string of the molecule is CNc1ncc(C)cc1NC(=O)c1ncc(C(F)(F)F)cc1Cl. The van der Waals surface area contributed by atoms with Crippen molar-refractivity contribution in [1.82, 2.24) is 9.97 Å². The number of nitrogens with one attached hydrogen (secondary N) is 2. The van der Waals surface area contributed by atoms with E-state index in [0.29, 0.717) is 23.8 Å². The maximum absolute atomic E-state index is 12.6. The van der Waals surface area contributed by atoms with Crippen LogP contribution < -0.4 is 10.6 Å². The van der Waals surface area contributed by atoms with Gasteiger partial charge in [-0.25, -0.2) is 9.97 Å². The van der Waals surface area contributed by atoms with Crippen LogP contribution in [0.15, 0.2) is 24.5 Å². The van der Waals surface area contributed by atoms with Crippen LogP contribution in [-0.4, -0.2) is 22.9 Å². The molecule has 2 rings (SSSR count). The minimum Gasteiger partial charge on any atom is -0.371 e. The van der Waals surface area contributed by atoms with Crippen molar-refractivity contribution in [3.8, 4) is 0 Å². The zero-order chi connectivity index (χ0) is 17.2. The van der Waals surface area contributed by atoms with E-state index in [9.17, 15) is 18.0 Å². The minimum absolute atomic E-state index is 0.303. The molecule has 0 radical (unpaired) electrons. The Labute approximate surface area is 134 Å². The predicted octanol–water partition coefficient (Wildman–Crippen LogP) is 3.75. The number of carbonyl (C=O) groups is 1.